The normalized spacial score (nSPS) is 11.5. The van der Waals surface area contributed by atoms with Gasteiger partial charge in [-0.15, -0.1) is 11.8 Å². The average Bonchev–Trinajstić information content (AvgIpc) is 2.07. The Balaban J connectivity index is 0. The van der Waals surface area contributed by atoms with Gasteiger partial charge in [0.2, 0.25) is 0 Å². The minimum Gasteiger partial charge on any atom is -0.319 e. The standard InChI is InChI=1S/C7H15NS.C2H6/c1-5-9-7(3)6(2)8-4;1-2/h8H,5H2,1-4H3;1-2H3/p+1/b7-6-;. The summed E-state index contributed by atoms with van der Waals surface area (Å²) in [4.78, 5) is 1.44. The van der Waals surface area contributed by atoms with E-state index < -0.39 is 0 Å². The second kappa shape index (κ2) is 10.0. The molecule has 0 saturated carbocycles. The smallest absolute Gasteiger partial charge is 0.111 e. The first kappa shape index (κ1) is 13.6. The van der Waals surface area contributed by atoms with Gasteiger partial charge in [-0.2, -0.15) is 0 Å². The predicted octanol–water partition coefficient (Wildman–Crippen LogP) is 2.21. The number of quaternary nitrogens is 1. The molecule has 0 aliphatic carbocycles. The first-order chi connectivity index (χ1) is 5.22. The molecule has 68 valence electrons. The number of rotatable bonds is 3. The summed E-state index contributed by atoms with van der Waals surface area (Å²) in [5.41, 5.74) is 1.40. The maximum Gasteiger partial charge on any atom is 0.111 e. The number of nitrogens with two attached hydrogens (primary N) is 1. The molecule has 0 radical (unpaired) electrons. The molecule has 0 atom stereocenters. The molecule has 0 unspecified atom stereocenters. The van der Waals surface area contributed by atoms with E-state index in [0.717, 1.165) is 0 Å². The summed E-state index contributed by atoms with van der Waals surface area (Å²) in [5, 5.41) is 2.15. The molecule has 0 amide bonds. The molecule has 0 aliphatic rings. The van der Waals surface area contributed by atoms with Crippen LogP contribution in [-0.4, -0.2) is 12.8 Å². The maximum atomic E-state index is 2.18. The zero-order chi connectivity index (χ0) is 9.28. The van der Waals surface area contributed by atoms with Crippen molar-refractivity contribution in [1.29, 1.82) is 0 Å². The minimum absolute atomic E-state index is 1.18. The van der Waals surface area contributed by atoms with Crippen LogP contribution >= 0.6 is 11.8 Å². The van der Waals surface area contributed by atoms with Gasteiger partial charge in [0.15, 0.2) is 0 Å². The zero-order valence-corrected chi connectivity index (χ0v) is 9.51. The van der Waals surface area contributed by atoms with Crippen LogP contribution in [0.15, 0.2) is 10.6 Å². The number of thioether (sulfide) groups is 1. The second-order valence-electron chi connectivity index (χ2n) is 1.96. The van der Waals surface area contributed by atoms with E-state index in [1.807, 2.05) is 25.6 Å². The lowest BCUT2D eigenvalue weighted by Gasteiger charge is -1.99. The SMILES string of the molecule is CC.CCS/C(C)=C(/C)[NH2+]C. The van der Waals surface area contributed by atoms with Crippen molar-refractivity contribution in [2.24, 2.45) is 0 Å². The molecule has 0 spiro atoms. The molecule has 0 aliphatic heterocycles. The topological polar surface area (TPSA) is 16.6 Å². The Morgan fingerprint density at radius 3 is 2.00 bits per heavy atom. The van der Waals surface area contributed by atoms with Crippen LogP contribution < -0.4 is 5.32 Å². The number of allylic oxidation sites excluding steroid dienone is 2. The largest absolute Gasteiger partial charge is 0.319 e. The van der Waals surface area contributed by atoms with Crippen molar-refractivity contribution in [1.82, 2.24) is 0 Å². The van der Waals surface area contributed by atoms with Gasteiger partial charge >= 0.3 is 0 Å². The summed E-state index contributed by atoms with van der Waals surface area (Å²) in [6.45, 7) is 10.5. The van der Waals surface area contributed by atoms with E-state index in [2.05, 4.69) is 33.1 Å². The molecule has 0 aromatic heterocycles. The molecule has 0 rings (SSSR count). The van der Waals surface area contributed by atoms with E-state index in [-0.39, 0.29) is 0 Å². The highest BCUT2D eigenvalue weighted by molar-refractivity contribution is 8.03. The van der Waals surface area contributed by atoms with E-state index in [0.29, 0.717) is 0 Å². The lowest BCUT2D eigenvalue weighted by molar-refractivity contribution is -0.576. The number of hydrogen-bond donors (Lipinski definition) is 1. The average molecular weight is 176 g/mol. The molecule has 0 bridgehead atoms. The quantitative estimate of drug-likeness (QED) is 0.697. The summed E-state index contributed by atoms with van der Waals surface area (Å²) in [7, 11) is 2.08. The highest BCUT2D eigenvalue weighted by atomic mass is 32.2. The van der Waals surface area contributed by atoms with Gasteiger partial charge in [-0.1, -0.05) is 20.8 Å². The van der Waals surface area contributed by atoms with Crippen LogP contribution in [0.5, 0.6) is 0 Å². The van der Waals surface area contributed by atoms with Gasteiger partial charge in [0.05, 0.1) is 7.05 Å². The van der Waals surface area contributed by atoms with Crippen molar-refractivity contribution in [3.05, 3.63) is 10.6 Å². The Bertz CT molecular complexity index is 108. The van der Waals surface area contributed by atoms with Crippen molar-refractivity contribution >= 4 is 11.8 Å². The first-order valence-corrected chi connectivity index (χ1v) is 5.30. The molecule has 1 nitrogen and oxygen atoms in total. The van der Waals surface area contributed by atoms with E-state index in [1.54, 1.807) is 0 Å². The van der Waals surface area contributed by atoms with Gasteiger partial charge in [-0.05, 0) is 12.7 Å². The van der Waals surface area contributed by atoms with Gasteiger partial charge in [-0.3, -0.25) is 0 Å². The van der Waals surface area contributed by atoms with Crippen LogP contribution in [-0.2, 0) is 0 Å². The van der Waals surface area contributed by atoms with Gasteiger partial charge < -0.3 is 5.32 Å². The van der Waals surface area contributed by atoms with E-state index in [4.69, 9.17) is 0 Å². The zero-order valence-electron chi connectivity index (χ0n) is 8.69. The van der Waals surface area contributed by atoms with Crippen LogP contribution in [0.3, 0.4) is 0 Å². The third-order valence-electron chi connectivity index (χ3n) is 1.35. The Kier molecular flexibility index (Phi) is 12.5. The molecular formula is C9H22NS+. The number of hydrogen-bond acceptors (Lipinski definition) is 1. The molecule has 2 heteroatoms. The Labute approximate surface area is 75.6 Å². The monoisotopic (exact) mass is 176 g/mol. The molecular weight excluding hydrogens is 154 g/mol. The van der Waals surface area contributed by atoms with Gasteiger partial charge in [0.25, 0.3) is 0 Å². The summed E-state index contributed by atoms with van der Waals surface area (Å²) in [5.74, 6) is 1.18. The van der Waals surface area contributed by atoms with Crippen molar-refractivity contribution < 1.29 is 5.32 Å². The lowest BCUT2D eigenvalue weighted by atomic mass is 10.5. The Morgan fingerprint density at radius 2 is 1.73 bits per heavy atom. The molecule has 0 saturated heterocycles. The van der Waals surface area contributed by atoms with Crippen LogP contribution in [0, 0.1) is 0 Å². The third-order valence-corrected chi connectivity index (χ3v) is 2.39. The summed E-state index contributed by atoms with van der Waals surface area (Å²) >= 11 is 1.91. The summed E-state index contributed by atoms with van der Waals surface area (Å²) < 4.78 is 0. The first-order valence-electron chi connectivity index (χ1n) is 4.32. The van der Waals surface area contributed by atoms with E-state index >= 15 is 0 Å². The molecule has 0 aromatic carbocycles. The maximum absolute atomic E-state index is 2.18. The minimum atomic E-state index is 1.18. The lowest BCUT2D eigenvalue weighted by Crippen LogP contribution is -2.76. The molecule has 0 aromatic rings. The fourth-order valence-electron chi connectivity index (χ4n) is 0.534. The van der Waals surface area contributed by atoms with Gasteiger partial charge in [0, 0.05) is 11.8 Å². The third kappa shape index (κ3) is 7.95. The predicted molar refractivity (Wildman–Crippen MR) is 55.7 cm³/mol. The molecule has 11 heavy (non-hydrogen) atoms. The van der Waals surface area contributed by atoms with E-state index in [9.17, 15) is 0 Å². The fourth-order valence-corrected chi connectivity index (χ4v) is 1.31. The Morgan fingerprint density at radius 1 is 1.27 bits per heavy atom. The molecule has 0 heterocycles. The van der Waals surface area contributed by atoms with Crippen LogP contribution in [0.4, 0.5) is 0 Å². The van der Waals surface area contributed by atoms with Crippen LogP contribution in [0.1, 0.15) is 34.6 Å². The van der Waals surface area contributed by atoms with Crippen LogP contribution in [0.2, 0.25) is 0 Å². The summed E-state index contributed by atoms with van der Waals surface area (Å²) in [6.07, 6.45) is 0. The van der Waals surface area contributed by atoms with Crippen molar-refractivity contribution in [2.75, 3.05) is 12.8 Å². The summed E-state index contributed by atoms with van der Waals surface area (Å²) in [6, 6.07) is 0. The Hall–Kier alpha value is 0.0500. The highest BCUT2D eigenvalue weighted by Crippen LogP contribution is 2.14. The van der Waals surface area contributed by atoms with Gasteiger partial charge in [0.1, 0.15) is 5.70 Å². The highest BCUT2D eigenvalue weighted by Gasteiger charge is 1.95. The van der Waals surface area contributed by atoms with Crippen molar-refractivity contribution in [2.45, 2.75) is 34.6 Å². The van der Waals surface area contributed by atoms with Crippen molar-refractivity contribution in [3.63, 3.8) is 0 Å². The molecule has 0 fully saturated rings. The van der Waals surface area contributed by atoms with E-state index in [1.165, 1.54) is 16.4 Å². The molecule has 2 N–H and O–H groups in total. The van der Waals surface area contributed by atoms with Gasteiger partial charge in [-0.25, -0.2) is 0 Å². The van der Waals surface area contributed by atoms with Crippen molar-refractivity contribution in [3.8, 4) is 0 Å². The fraction of sp³-hybridized carbons (Fsp3) is 0.778. The van der Waals surface area contributed by atoms with Crippen LogP contribution in [0.25, 0.3) is 0 Å². The second-order valence-corrected chi connectivity index (χ2v) is 3.44.